The maximum atomic E-state index is 11.6. The Hall–Kier alpha value is -1.79. The SMILES string of the molecule is Cc1ccc(Cl)c(OCC(=O)NC(CCO)C(=O)O)c1. The van der Waals surface area contributed by atoms with Crippen LogP contribution in [0.25, 0.3) is 0 Å². The molecule has 0 aliphatic heterocycles. The molecule has 1 amide bonds. The van der Waals surface area contributed by atoms with Gasteiger partial charge in [-0.2, -0.15) is 0 Å². The number of rotatable bonds is 7. The summed E-state index contributed by atoms with van der Waals surface area (Å²) in [5.41, 5.74) is 0.925. The maximum absolute atomic E-state index is 11.6. The van der Waals surface area contributed by atoms with E-state index in [-0.39, 0.29) is 19.6 Å². The van der Waals surface area contributed by atoms with Crippen molar-refractivity contribution in [2.75, 3.05) is 13.2 Å². The van der Waals surface area contributed by atoms with Crippen molar-refractivity contribution in [2.24, 2.45) is 0 Å². The van der Waals surface area contributed by atoms with Gasteiger partial charge in [-0.3, -0.25) is 4.79 Å². The summed E-state index contributed by atoms with van der Waals surface area (Å²) in [6.45, 7) is 1.17. The predicted molar refractivity (Wildman–Crippen MR) is 73.0 cm³/mol. The number of hydrogen-bond acceptors (Lipinski definition) is 4. The highest BCUT2D eigenvalue weighted by atomic mass is 35.5. The molecule has 1 aromatic rings. The number of aliphatic hydroxyl groups is 1. The number of carboxylic acids is 1. The number of carboxylic acid groups (broad SMARTS) is 1. The van der Waals surface area contributed by atoms with Crippen LogP contribution in [0.15, 0.2) is 18.2 Å². The van der Waals surface area contributed by atoms with Crippen molar-refractivity contribution in [3.63, 3.8) is 0 Å². The molecule has 0 spiro atoms. The summed E-state index contributed by atoms with van der Waals surface area (Å²) in [5.74, 6) is -1.44. The van der Waals surface area contributed by atoms with Crippen molar-refractivity contribution < 1.29 is 24.5 Å². The van der Waals surface area contributed by atoms with Crippen molar-refractivity contribution in [2.45, 2.75) is 19.4 Å². The number of amides is 1. The Morgan fingerprint density at radius 3 is 2.75 bits per heavy atom. The van der Waals surface area contributed by atoms with E-state index in [9.17, 15) is 9.59 Å². The number of hydrogen-bond donors (Lipinski definition) is 3. The summed E-state index contributed by atoms with van der Waals surface area (Å²) in [7, 11) is 0. The minimum Gasteiger partial charge on any atom is -0.482 e. The zero-order valence-electron chi connectivity index (χ0n) is 10.9. The molecule has 0 aliphatic rings. The van der Waals surface area contributed by atoms with E-state index in [0.29, 0.717) is 10.8 Å². The van der Waals surface area contributed by atoms with Gasteiger partial charge in [0.15, 0.2) is 6.61 Å². The Morgan fingerprint density at radius 1 is 1.45 bits per heavy atom. The molecule has 7 heteroatoms. The van der Waals surface area contributed by atoms with E-state index in [2.05, 4.69) is 5.32 Å². The van der Waals surface area contributed by atoms with E-state index in [0.717, 1.165) is 5.56 Å². The second-order valence-electron chi connectivity index (χ2n) is 4.19. The van der Waals surface area contributed by atoms with Crippen LogP contribution >= 0.6 is 11.6 Å². The molecule has 1 atom stereocenters. The topological polar surface area (TPSA) is 95.9 Å². The number of benzene rings is 1. The summed E-state index contributed by atoms with van der Waals surface area (Å²) in [6, 6.07) is 3.99. The Kier molecular flexibility index (Phi) is 6.27. The van der Waals surface area contributed by atoms with Crippen molar-refractivity contribution in [3.8, 4) is 5.75 Å². The van der Waals surface area contributed by atoms with Gasteiger partial charge in [-0.25, -0.2) is 4.79 Å². The van der Waals surface area contributed by atoms with E-state index >= 15 is 0 Å². The average Bonchev–Trinajstić information content (AvgIpc) is 2.39. The molecular formula is C13H16ClNO5. The number of aliphatic hydroxyl groups excluding tert-OH is 1. The van der Waals surface area contributed by atoms with E-state index in [4.69, 9.17) is 26.6 Å². The van der Waals surface area contributed by atoms with Crippen molar-refractivity contribution in [1.82, 2.24) is 5.32 Å². The first-order valence-corrected chi connectivity index (χ1v) is 6.34. The molecule has 110 valence electrons. The third kappa shape index (κ3) is 5.07. The molecule has 1 rings (SSSR count). The van der Waals surface area contributed by atoms with Crippen molar-refractivity contribution >= 4 is 23.5 Å². The number of ether oxygens (including phenoxy) is 1. The van der Waals surface area contributed by atoms with E-state index in [1.54, 1.807) is 18.2 Å². The first-order valence-electron chi connectivity index (χ1n) is 5.96. The van der Waals surface area contributed by atoms with Crippen LogP contribution in [0.3, 0.4) is 0 Å². The Balaban J connectivity index is 2.54. The zero-order chi connectivity index (χ0) is 15.1. The first-order chi connectivity index (χ1) is 9.43. The molecule has 0 bridgehead atoms. The third-order valence-electron chi connectivity index (χ3n) is 2.50. The minimum atomic E-state index is -1.21. The maximum Gasteiger partial charge on any atom is 0.326 e. The lowest BCUT2D eigenvalue weighted by atomic mass is 10.2. The lowest BCUT2D eigenvalue weighted by molar-refractivity contribution is -0.142. The number of halogens is 1. The van der Waals surface area contributed by atoms with Gasteiger partial charge in [0.1, 0.15) is 11.8 Å². The van der Waals surface area contributed by atoms with Crippen LogP contribution in [0.1, 0.15) is 12.0 Å². The van der Waals surface area contributed by atoms with Gasteiger partial charge >= 0.3 is 5.97 Å². The molecule has 0 saturated carbocycles. The molecule has 0 saturated heterocycles. The summed E-state index contributed by atoms with van der Waals surface area (Å²) in [4.78, 5) is 22.4. The largest absolute Gasteiger partial charge is 0.482 e. The van der Waals surface area contributed by atoms with Gasteiger partial charge in [-0.15, -0.1) is 0 Å². The molecular weight excluding hydrogens is 286 g/mol. The molecule has 0 heterocycles. The summed E-state index contributed by atoms with van der Waals surface area (Å²) in [5, 5.41) is 20.2. The zero-order valence-corrected chi connectivity index (χ0v) is 11.7. The summed E-state index contributed by atoms with van der Waals surface area (Å²) < 4.78 is 5.24. The third-order valence-corrected chi connectivity index (χ3v) is 2.81. The predicted octanol–water partition coefficient (Wildman–Crippen LogP) is 0.979. The number of carbonyl (C=O) groups is 2. The van der Waals surface area contributed by atoms with Gasteiger partial charge in [0, 0.05) is 13.0 Å². The van der Waals surface area contributed by atoms with Crippen molar-refractivity contribution in [3.05, 3.63) is 28.8 Å². The monoisotopic (exact) mass is 301 g/mol. The molecule has 6 nitrogen and oxygen atoms in total. The van der Waals surface area contributed by atoms with Crippen LogP contribution in [0.4, 0.5) is 0 Å². The highest BCUT2D eigenvalue weighted by Crippen LogP contribution is 2.24. The Morgan fingerprint density at radius 2 is 2.15 bits per heavy atom. The second kappa shape index (κ2) is 7.72. The van der Waals surface area contributed by atoms with Crippen LogP contribution in [-0.4, -0.2) is 41.3 Å². The number of aryl methyl sites for hydroxylation is 1. The lowest BCUT2D eigenvalue weighted by Crippen LogP contribution is -2.43. The van der Waals surface area contributed by atoms with Crippen LogP contribution < -0.4 is 10.1 Å². The molecule has 3 N–H and O–H groups in total. The Bertz CT molecular complexity index is 492. The average molecular weight is 302 g/mol. The standard InChI is InChI=1S/C13H16ClNO5/c1-8-2-3-9(14)11(6-8)20-7-12(17)15-10(4-5-16)13(18)19/h2-3,6,10,16H,4-5,7H2,1H3,(H,15,17)(H,18,19). The molecule has 0 aromatic heterocycles. The fourth-order valence-electron chi connectivity index (χ4n) is 1.49. The number of aliphatic carboxylic acids is 1. The fourth-order valence-corrected chi connectivity index (χ4v) is 1.66. The van der Waals surface area contributed by atoms with E-state index < -0.39 is 17.9 Å². The van der Waals surface area contributed by atoms with E-state index in [1.807, 2.05) is 6.92 Å². The normalized spacial score (nSPS) is 11.8. The van der Waals surface area contributed by atoms with Crippen molar-refractivity contribution in [1.29, 1.82) is 0 Å². The molecule has 0 aliphatic carbocycles. The van der Waals surface area contributed by atoms with Gasteiger partial charge < -0.3 is 20.3 Å². The molecule has 0 fully saturated rings. The van der Waals surface area contributed by atoms with Crippen LogP contribution in [0.2, 0.25) is 5.02 Å². The molecule has 1 aromatic carbocycles. The van der Waals surface area contributed by atoms with Gasteiger partial charge in [-0.05, 0) is 24.6 Å². The van der Waals surface area contributed by atoms with Crippen LogP contribution in [0.5, 0.6) is 5.75 Å². The van der Waals surface area contributed by atoms with Crippen LogP contribution in [-0.2, 0) is 9.59 Å². The minimum absolute atomic E-state index is 0.0632. The second-order valence-corrected chi connectivity index (χ2v) is 4.60. The Labute approximate surface area is 121 Å². The highest BCUT2D eigenvalue weighted by Gasteiger charge is 2.19. The quantitative estimate of drug-likeness (QED) is 0.697. The molecule has 20 heavy (non-hydrogen) atoms. The summed E-state index contributed by atoms with van der Waals surface area (Å²) >= 11 is 5.90. The van der Waals surface area contributed by atoms with E-state index in [1.165, 1.54) is 0 Å². The summed E-state index contributed by atoms with van der Waals surface area (Å²) in [6.07, 6.45) is -0.0632. The van der Waals surface area contributed by atoms with Gasteiger partial charge in [0.05, 0.1) is 5.02 Å². The van der Waals surface area contributed by atoms with Crippen LogP contribution in [0, 0.1) is 6.92 Å². The first kappa shape index (κ1) is 16.3. The fraction of sp³-hybridized carbons (Fsp3) is 0.385. The lowest BCUT2D eigenvalue weighted by Gasteiger charge is -2.14. The molecule has 1 unspecified atom stereocenters. The smallest absolute Gasteiger partial charge is 0.326 e. The highest BCUT2D eigenvalue weighted by molar-refractivity contribution is 6.32. The van der Waals surface area contributed by atoms with Gasteiger partial charge in [0.2, 0.25) is 0 Å². The van der Waals surface area contributed by atoms with Gasteiger partial charge in [-0.1, -0.05) is 17.7 Å². The number of nitrogens with one attached hydrogen (secondary N) is 1. The number of carbonyl (C=O) groups excluding carboxylic acids is 1. The van der Waals surface area contributed by atoms with Gasteiger partial charge in [0.25, 0.3) is 5.91 Å². The molecule has 0 radical (unpaired) electrons.